The van der Waals surface area contributed by atoms with Crippen LogP contribution in [-0.4, -0.2) is 52.3 Å². The minimum atomic E-state index is -0.402. The van der Waals surface area contributed by atoms with Gasteiger partial charge in [-0.15, -0.1) is 12.6 Å². The highest BCUT2D eigenvalue weighted by molar-refractivity contribution is 7.80. The number of carbonyl (C=O) groups is 2. The van der Waals surface area contributed by atoms with Gasteiger partial charge in [0.2, 0.25) is 5.91 Å². The zero-order chi connectivity index (χ0) is 27.4. The molecule has 1 saturated carbocycles. The van der Waals surface area contributed by atoms with E-state index in [4.69, 9.17) is 5.73 Å². The van der Waals surface area contributed by atoms with Crippen LogP contribution < -0.4 is 16.0 Å². The summed E-state index contributed by atoms with van der Waals surface area (Å²) < 4.78 is 1.83. The molecule has 3 fully saturated rings. The smallest absolute Gasteiger partial charge is 0.328 e. The molecule has 0 bridgehead atoms. The molecule has 8 nitrogen and oxygen atoms in total. The van der Waals surface area contributed by atoms with Crippen molar-refractivity contribution in [2.75, 3.05) is 24.5 Å². The molecule has 2 saturated heterocycles. The van der Waals surface area contributed by atoms with Crippen LogP contribution in [0.25, 0.3) is 10.9 Å². The lowest BCUT2D eigenvalue weighted by Gasteiger charge is -2.32. The van der Waals surface area contributed by atoms with Crippen LogP contribution in [0, 0.1) is 0 Å². The van der Waals surface area contributed by atoms with Crippen molar-refractivity contribution < 1.29 is 9.59 Å². The van der Waals surface area contributed by atoms with Crippen molar-refractivity contribution in [2.24, 2.45) is 12.8 Å². The van der Waals surface area contributed by atoms with Gasteiger partial charge in [0, 0.05) is 42.9 Å². The van der Waals surface area contributed by atoms with E-state index >= 15 is 0 Å². The van der Waals surface area contributed by atoms with Gasteiger partial charge in [0.15, 0.2) is 5.82 Å². The molecule has 1 aliphatic carbocycles. The lowest BCUT2D eigenvalue weighted by atomic mass is 9.89. The van der Waals surface area contributed by atoms with Gasteiger partial charge in [0.25, 0.3) is 0 Å². The predicted octanol–water partition coefficient (Wildman–Crippen LogP) is 4.97. The number of fused-ring (bicyclic) bond motifs is 1. The number of nitrogens with two attached hydrogens (primary N) is 1. The van der Waals surface area contributed by atoms with Gasteiger partial charge in [0.1, 0.15) is 0 Å². The van der Waals surface area contributed by atoms with Crippen LogP contribution in [-0.2, 0) is 18.4 Å². The summed E-state index contributed by atoms with van der Waals surface area (Å²) in [6.45, 7) is 3.45. The number of aromatic nitrogens is 2. The van der Waals surface area contributed by atoms with Crippen LogP contribution >= 0.6 is 12.6 Å². The number of amides is 3. The molecule has 3 aliphatic rings. The molecule has 0 atom stereocenters. The number of piperidine rings is 1. The highest BCUT2D eigenvalue weighted by Crippen LogP contribution is 2.34. The number of imide groups is 1. The van der Waals surface area contributed by atoms with Gasteiger partial charge >= 0.3 is 6.03 Å². The summed E-state index contributed by atoms with van der Waals surface area (Å²) in [6, 6.07) is 15.0. The number of hydrogen-bond acceptors (Lipinski definition) is 6. The topological polar surface area (TPSA) is 96.5 Å². The molecule has 3 N–H and O–H groups in total. The fourth-order valence-corrected chi connectivity index (χ4v) is 6.20. The molecule has 2 aromatic carbocycles. The largest absolute Gasteiger partial charge is 0.329 e. The van der Waals surface area contributed by atoms with E-state index in [1.807, 2.05) is 17.8 Å². The van der Waals surface area contributed by atoms with Crippen LogP contribution in [0.3, 0.4) is 0 Å². The molecule has 208 valence electrons. The molecule has 2 aliphatic heterocycles. The number of aryl methyl sites for hydroxylation is 1. The van der Waals surface area contributed by atoms with Gasteiger partial charge in [-0.05, 0) is 80.1 Å². The van der Waals surface area contributed by atoms with Crippen LogP contribution in [0.4, 0.5) is 10.6 Å². The van der Waals surface area contributed by atoms with E-state index in [0.29, 0.717) is 30.7 Å². The van der Waals surface area contributed by atoms with E-state index in [2.05, 4.69) is 64.3 Å². The second kappa shape index (κ2) is 12.5. The normalized spacial score (nSPS) is 19.6. The van der Waals surface area contributed by atoms with E-state index in [-0.39, 0.29) is 5.91 Å². The molecule has 1 aromatic heterocycles. The molecule has 0 unspecified atom stereocenters. The van der Waals surface area contributed by atoms with Crippen molar-refractivity contribution in [3.05, 3.63) is 53.6 Å². The Bertz CT molecular complexity index is 1310. The third kappa shape index (κ3) is 6.83. The lowest BCUT2D eigenvalue weighted by Crippen LogP contribution is -2.49. The third-order valence-electron chi connectivity index (χ3n) is 8.19. The number of anilines is 1. The van der Waals surface area contributed by atoms with Crippen molar-refractivity contribution in [3.8, 4) is 0 Å². The average molecular weight is 549 g/mol. The van der Waals surface area contributed by atoms with Crippen molar-refractivity contribution in [3.63, 3.8) is 0 Å². The van der Waals surface area contributed by atoms with E-state index in [1.54, 1.807) is 4.90 Å². The Morgan fingerprint density at radius 1 is 1.00 bits per heavy atom. The Morgan fingerprint density at radius 3 is 2.44 bits per heavy atom. The van der Waals surface area contributed by atoms with Gasteiger partial charge in [-0.2, -0.15) is 5.10 Å². The molecule has 0 radical (unpaired) electrons. The van der Waals surface area contributed by atoms with Gasteiger partial charge in [0.05, 0.1) is 5.52 Å². The van der Waals surface area contributed by atoms with Crippen molar-refractivity contribution in [1.29, 1.82) is 0 Å². The number of carbonyl (C=O) groups excluding carboxylic acids is 2. The molecular weight excluding hydrogens is 508 g/mol. The van der Waals surface area contributed by atoms with E-state index in [9.17, 15) is 9.59 Å². The molecule has 9 heteroatoms. The fourth-order valence-electron chi connectivity index (χ4n) is 5.95. The van der Waals surface area contributed by atoms with Gasteiger partial charge in [-0.1, -0.05) is 37.5 Å². The summed E-state index contributed by atoms with van der Waals surface area (Å²) >= 11 is 4.45. The van der Waals surface area contributed by atoms with Gasteiger partial charge < -0.3 is 5.73 Å². The quantitative estimate of drug-likeness (QED) is 0.400. The van der Waals surface area contributed by atoms with E-state index in [1.165, 1.54) is 43.2 Å². The zero-order valence-corrected chi connectivity index (χ0v) is 23.7. The number of benzene rings is 2. The first kappa shape index (κ1) is 27.7. The SMILES string of the molecule is Cn1nc(N2CCC(=O)NC2=O)c2ccc(C3CCN(Cc4cccc(S)c4)CC3)cc21.NC1CCCCC1. The van der Waals surface area contributed by atoms with Gasteiger partial charge in [-0.25, -0.2) is 4.79 Å². The molecule has 6 rings (SSSR count). The number of likely N-dealkylation sites (tertiary alicyclic amines) is 1. The first-order chi connectivity index (χ1) is 18.9. The molecular formula is C30H40N6O2S. The highest BCUT2D eigenvalue weighted by atomic mass is 32.1. The maximum Gasteiger partial charge on any atom is 0.329 e. The maximum atomic E-state index is 12.3. The van der Waals surface area contributed by atoms with Gasteiger partial charge in [-0.3, -0.25) is 24.6 Å². The van der Waals surface area contributed by atoms with Crippen LogP contribution in [0.2, 0.25) is 0 Å². The van der Waals surface area contributed by atoms with Crippen LogP contribution in [0.5, 0.6) is 0 Å². The number of hydrogen-bond donors (Lipinski definition) is 3. The second-order valence-electron chi connectivity index (χ2n) is 11.1. The summed E-state index contributed by atoms with van der Waals surface area (Å²) in [6.07, 6.45) is 9.19. The Balaban J connectivity index is 0.000000384. The highest BCUT2D eigenvalue weighted by Gasteiger charge is 2.28. The summed E-state index contributed by atoms with van der Waals surface area (Å²) in [7, 11) is 1.90. The van der Waals surface area contributed by atoms with Crippen molar-refractivity contribution in [2.45, 2.75) is 74.8 Å². The first-order valence-corrected chi connectivity index (χ1v) is 14.7. The Labute approximate surface area is 236 Å². The first-order valence-electron chi connectivity index (χ1n) is 14.2. The number of urea groups is 1. The number of thiol groups is 1. The summed E-state index contributed by atoms with van der Waals surface area (Å²) in [5.41, 5.74) is 9.27. The fraction of sp³-hybridized carbons (Fsp3) is 0.500. The summed E-state index contributed by atoms with van der Waals surface area (Å²) in [5.74, 6) is 0.889. The summed E-state index contributed by atoms with van der Waals surface area (Å²) in [4.78, 5) is 28.9. The minimum Gasteiger partial charge on any atom is -0.328 e. The molecule has 3 heterocycles. The molecule has 39 heavy (non-hydrogen) atoms. The number of nitrogens with zero attached hydrogens (tertiary/aromatic N) is 4. The van der Waals surface area contributed by atoms with Crippen molar-refractivity contribution >= 4 is 41.3 Å². The van der Waals surface area contributed by atoms with Crippen LogP contribution in [0.1, 0.15) is 68.4 Å². The lowest BCUT2D eigenvalue weighted by molar-refractivity contribution is -0.120. The number of nitrogens with one attached hydrogen (secondary N) is 1. The molecule has 3 aromatic rings. The predicted molar refractivity (Wildman–Crippen MR) is 158 cm³/mol. The standard InChI is InChI=1S/C24H27N5O2S.C6H13N/c1-27-21-14-18(5-6-20(21)23(26-27)29-12-9-22(30)25-24(29)31)17-7-10-28(11-8-17)15-16-3-2-4-19(32)13-16;7-6-4-2-1-3-5-6/h2-6,13-14,17,32H,7-12,15H2,1H3,(H,25,30,31);6H,1-5,7H2. The zero-order valence-electron chi connectivity index (χ0n) is 22.8. The minimum absolute atomic E-state index is 0.238. The Morgan fingerprint density at radius 2 is 1.77 bits per heavy atom. The van der Waals surface area contributed by atoms with Crippen molar-refractivity contribution in [1.82, 2.24) is 20.0 Å². The monoisotopic (exact) mass is 548 g/mol. The average Bonchev–Trinajstić information content (AvgIpc) is 3.25. The maximum absolute atomic E-state index is 12.3. The second-order valence-corrected chi connectivity index (χ2v) is 11.6. The molecule has 3 amide bonds. The van der Waals surface area contributed by atoms with Crippen LogP contribution in [0.15, 0.2) is 47.4 Å². The Kier molecular flexibility index (Phi) is 8.89. The Hall–Kier alpha value is -2.88. The molecule has 0 spiro atoms. The third-order valence-corrected chi connectivity index (χ3v) is 8.47. The van der Waals surface area contributed by atoms with E-state index in [0.717, 1.165) is 48.3 Å². The van der Waals surface area contributed by atoms with E-state index < -0.39 is 6.03 Å². The number of rotatable bonds is 4. The summed E-state index contributed by atoms with van der Waals surface area (Å²) in [5, 5.41) is 7.91.